The molecule has 3 aromatic heterocycles. The van der Waals surface area contributed by atoms with Gasteiger partial charge in [-0.05, 0) is 44.7 Å². The first-order chi connectivity index (χ1) is 14.5. The second-order valence-corrected chi connectivity index (χ2v) is 7.52. The Kier molecular flexibility index (Phi) is 5.60. The molecule has 1 atom stereocenters. The van der Waals surface area contributed by atoms with Crippen molar-refractivity contribution in [1.29, 1.82) is 0 Å². The highest BCUT2D eigenvalue weighted by Gasteiger charge is 2.26. The monoisotopic (exact) mass is 408 g/mol. The molecule has 0 aliphatic carbocycles. The van der Waals surface area contributed by atoms with Crippen molar-refractivity contribution in [2.45, 2.75) is 39.8 Å². The van der Waals surface area contributed by atoms with E-state index in [9.17, 15) is 9.59 Å². The molecule has 1 unspecified atom stereocenters. The topological polar surface area (TPSA) is 115 Å². The van der Waals surface area contributed by atoms with Gasteiger partial charge in [0.25, 0.3) is 11.8 Å². The Labute approximate surface area is 173 Å². The molecule has 0 spiro atoms. The molecule has 3 aromatic rings. The van der Waals surface area contributed by atoms with Crippen LogP contribution in [-0.2, 0) is 19.5 Å². The minimum Gasteiger partial charge on any atom is -0.361 e. The van der Waals surface area contributed by atoms with E-state index in [1.807, 2.05) is 18.5 Å². The fraction of sp³-hybridized carbons (Fsp3) is 0.381. The number of fused-ring (bicyclic) bond motifs is 1. The smallest absolute Gasteiger partial charge is 0.255 e. The van der Waals surface area contributed by atoms with Gasteiger partial charge in [-0.3, -0.25) is 19.3 Å². The maximum absolute atomic E-state index is 12.8. The molecule has 30 heavy (non-hydrogen) atoms. The van der Waals surface area contributed by atoms with Crippen LogP contribution < -0.4 is 10.6 Å². The quantitative estimate of drug-likeness (QED) is 0.643. The Bertz CT molecular complexity index is 1040. The largest absolute Gasteiger partial charge is 0.361 e. The number of nitrogens with one attached hydrogen (secondary N) is 2. The van der Waals surface area contributed by atoms with E-state index in [0.717, 1.165) is 29.9 Å². The van der Waals surface area contributed by atoms with Gasteiger partial charge in [-0.1, -0.05) is 5.16 Å². The van der Waals surface area contributed by atoms with E-state index in [4.69, 9.17) is 4.52 Å². The summed E-state index contributed by atoms with van der Waals surface area (Å²) in [4.78, 5) is 29.0. The molecule has 9 heteroatoms. The van der Waals surface area contributed by atoms with Gasteiger partial charge in [0, 0.05) is 37.6 Å². The first-order valence-corrected chi connectivity index (χ1v) is 9.95. The first-order valence-electron chi connectivity index (χ1n) is 9.95. The molecule has 0 saturated heterocycles. The summed E-state index contributed by atoms with van der Waals surface area (Å²) in [5, 5.41) is 14.2. The van der Waals surface area contributed by atoms with Crippen molar-refractivity contribution >= 4 is 11.8 Å². The van der Waals surface area contributed by atoms with Crippen LogP contribution in [0.3, 0.4) is 0 Å². The van der Waals surface area contributed by atoms with Crippen LogP contribution in [-0.4, -0.2) is 38.3 Å². The maximum Gasteiger partial charge on any atom is 0.255 e. The Balaban J connectivity index is 1.37. The summed E-state index contributed by atoms with van der Waals surface area (Å²) in [6.45, 7) is 5.30. The van der Waals surface area contributed by atoms with Crippen molar-refractivity contribution < 1.29 is 14.1 Å². The number of pyridine rings is 1. The van der Waals surface area contributed by atoms with E-state index >= 15 is 0 Å². The molecule has 1 aliphatic heterocycles. The molecule has 156 valence electrons. The van der Waals surface area contributed by atoms with Crippen molar-refractivity contribution in [3.05, 3.63) is 64.6 Å². The Morgan fingerprint density at radius 1 is 1.23 bits per heavy atom. The molecule has 0 fully saturated rings. The number of amides is 2. The average Bonchev–Trinajstić information content (AvgIpc) is 3.33. The Morgan fingerprint density at radius 3 is 2.83 bits per heavy atom. The Hall–Kier alpha value is -3.49. The SMILES string of the molecule is Cc1noc(C)c1CNC(=O)c1cnn2c1CC(CNC(=O)c1cccnc1)CC2. The van der Waals surface area contributed by atoms with Crippen molar-refractivity contribution in [2.24, 2.45) is 5.92 Å². The second-order valence-electron chi connectivity index (χ2n) is 7.52. The highest BCUT2D eigenvalue weighted by Crippen LogP contribution is 2.23. The lowest BCUT2D eigenvalue weighted by atomic mass is 9.94. The van der Waals surface area contributed by atoms with Gasteiger partial charge >= 0.3 is 0 Å². The molecule has 0 bridgehead atoms. The number of hydrogen-bond acceptors (Lipinski definition) is 6. The van der Waals surface area contributed by atoms with Crippen LogP contribution in [0.15, 0.2) is 35.2 Å². The summed E-state index contributed by atoms with van der Waals surface area (Å²) in [6.07, 6.45) is 6.38. The van der Waals surface area contributed by atoms with Gasteiger partial charge in [-0.15, -0.1) is 0 Å². The zero-order valence-corrected chi connectivity index (χ0v) is 17.0. The highest BCUT2D eigenvalue weighted by atomic mass is 16.5. The molecular weight excluding hydrogens is 384 g/mol. The summed E-state index contributed by atoms with van der Waals surface area (Å²) >= 11 is 0. The van der Waals surface area contributed by atoms with E-state index in [1.165, 1.54) is 0 Å². The third-order valence-electron chi connectivity index (χ3n) is 5.51. The number of aromatic nitrogens is 4. The summed E-state index contributed by atoms with van der Waals surface area (Å²) < 4.78 is 7.02. The zero-order valence-electron chi connectivity index (χ0n) is 17.0. The number of rotatable bonds is 6. The van der Waals surface area contributed by atoms with Gasteiger partial charge in [-0.2, -0.15) is 5.10 Å². The predicted octanol–water partition coefficient (Wildman–Crippen LogP) is 1.81. The summed E-state index contributed by atoms with van der Waals surface area (Å²) in [7, 11) is 0. The van der Waals surface area contributed by atoms with Crippen LogP contribution in [0.25, 0.3) is 0 Å². The first kappa shape index (κ1) is 19.8. The molecule has 2 N–H and O–H groups in total. The highest BCUT2D eigenvalue weighted by molar-refractivity contribution is 5.95. The van der Waals surface area contributed by atoms with E-state index in [1.54, 1.807) is 30.7 Å². The Morgan fingerprint density at radius 2 is 2.10 bits per heavy atom. The lowest BCUT2D eigenvalue weighted by Crippen LogP contribution is -2.34. The van der Waals surface area contributed by atoms with E-state index in [-0.39, 0.29) is 17.7 Å². The molecule has 4 rings (SSSR count). The third kappa shape index (κ3) is 4.10. The van der Waals surface area contributed by atoms with Crippen LogP contribution >= 0.6 is 0 Å². The zero-order chi connectivity index (χ0) is 21.1. The van der Waals surface area contributed by atoms with Crippen molar-refractivity contribution in [2.75, 3.05) is 6.54 Å². The minimum atomic E-state index is -0.170. The van der Waals surface area contributed by atoms with Crippen LogP contribution in [0.5, 0.6) is 0 Å². The molecule has 0 radical (unpaired) electrons. The average molecular weight is 408 g/mol. The van der Waals surface area contributed by atoms with E-state index in [2.05, 4.69) is 25.9 Å². The van der Waals surface area contributed by atoms with Gasteiger partial charge < -0.3 is 15.2 Å². The molecule has 4 heterocycles. The maximum atomic E-state index is 12.8. The third-order valence-corrected chi connectivity index (χ3v) is 5.51. The van der Waals surface area contributed by atoms with E-state index < -0.39 is 0 Å². The molecule has 0 aromatic carbocycles. The molecule has 2 amide bonds. The van der Waals surface area contributed by atoms with Gasteiger partial charge in [0.2, 0.25) is 0 Å². The van der Waals surface area contributed by atoms with Crippen LogP contribution in [0.4, 0.5) is 0 Å². The number of hydrogen-bond donors (Lipinski definition) is 2. The predicted molar refractivity (Wildman–Crippen MR) is 108 cm³/mol. The summed E-state index contributed by atoms with van der Waals surface area (Å²) in [5.74, 6) is 0.633. The lowest BCUT2D eigenvalue weighted by molar-refractivity contribution is 0.0933. The molecule has 9 nitrogen and oxygen atoms in total. The number of aryl methyl sites for hydroxylation is 3. The van der Waals surface area contributed by atoms with Crippen molar-refractivity contribution in [1.82, 2.24) is 30.6 Å². The molecule has 0 saturated carbocycles. The van der Waals surface area contributed by atoms with Crippen LogP contribution in [0, 0.1) is 19.8 Å². The van der Waals surface area contributed by atoms with Crippen molar-refractivity contribution in [3.63, 3.8) is 0 Å². The van der Waals surface area contributed by atoms with Gasteiger partial charge in [0.05, 0.1) is 28.7 Å². The van der Waals surface area contributed by atoms with Gasteiger partial charge in [0.1, 0.15) is 5.76 Å². The summed E-state index contributed by atoms with van der Waals surface area (Å²) in [6, 6.07) is 3.47. The second kappa shape index (κ2) is 8.48. The van der Waals surface area contributed by atoms with Gasteiger partial charge in [0.15, 0.2) is 0 Å². The number of carbonyl (C=O) groups is 2. The molecular formula is C21H24N6O3. The standard InChI is InChI=1S/C21H24N6O3/c1-13-17(14(2)30-26-13)11-24-21(29)18-12-25-27-7-5-15(8-19(18)27)9-23-20(28)16-4-3-6-22-10-16/h3-4,6,10,12,15H,5,7-9,11H2,1-2H3,(H,23,28)(H,24,29). The van der Waals surface area contributed by atoms with Crippen LogP contribution in [0.1, 0.15) is 49.8 Å². The summed E-state index contributed by atoms with van der Waals surface area (Å²) in [5.41, 5.74) is 3.68. The minimum absolute atomic E-state index is 0.139. The fourth-order valence-electron chi connectivity index (χ4n) is 3.72. The van der Waals surface area contributed by atoms with Crippen LogP contribution in [0.2, 0.25) is 0 Å². The fourth-order valence-corrected chi connectivity index (χ4v) is 3.72. The van der Waals surface area contributed by atoms with E-state index in [0.29, 0.717) is 36.4 Å². The number of nitrogens with zero attached hydrogens (tertiary/aromatic N) is 4. The lowest BCUT2D eigenvalue weighted by Gasteiger charge is -2.24. The normalized spacial score (nSPS) is 15.5. The molecule has 1 aliphatic rings. The van der Waals surface area contributed by atoms with Gasteiger partial charge in [-0.25, -0.2) is 0 Å². The van der Waals surface area contributed by atoms with Crippen molar-refractivity contribution in [3.8, 4) is 0 Å². The number of carbonyl (C=O) groups excluding carboxylic acids is 2.